The molecule has 4 nitrogen and oxygen atoms in total. The van der Waals surface area contributed by atoms with Gasteiger partial charge in [0.2, 0.25) is 0 Å². The van der Waals surface area contributed by atoms with Crippen LogP contribution in [0.2, 0.25) is 0 Å². The monoisotopic (exact) mass is 232 g/mol. The Kier molecular flexibility index (Phi) is 3.98. The second-order valence-electron chi connectivity index (χ2n) is 4.17. The maximum absolute atomic E-state index is 4.18. The summed E-state index contributed by atoms with van der Waals surface area (Å²) in [5.74, 6) is 0. The molecular weight excluding hydrogens is 212 g/mol. The molecule has 0 atom stereocenters. The van der Waals surface area contributed by atoms with Gasteiger partial charge in [-0.1, -0.05) is 6.92 Å². The van der Waals surface area contributed by atoms with Crippen molar-refractivity contribution in [3.05, 3.63) is 42.0 Å². The summed E-state index contributed by atoms with van der Waals surface area (Å²) < 4.78 is 4.24. The van der Waals surface area contributed by atoms with Crippen molar-refractivity contribution in [3.8, 4) is 0 Å². The highest BCUT2D eigenvalue weighted by molar-refractivity contribution is 5.08. The second kappa shape index (κ2) is 5.68. The molecule has 0 fully saturated rings. The number of rotatable bonds is 6. The molecule has 0 radical (unpaired) electrons. The fourth-order valence-corrected chi connectivity index (χ4v) is 1.96. The summed E-state index contributed by atoms with van der Waals surface area (Å²) in [7, 11) is 1.99. The Labute approximate surface area is 102 Å². The largest absolute Gasteiger partial charge is 0.350 e. The Balaban J connectivity index is 1.95. The first kappa shape index (κ1) is 11.9. The van der Waals surface area contributed by atoms with Crippen LogP contribution in [0.25, 0.3) is 0 Å². The number of nitrogens with one attached hydrogen (secondary N) is 1. The number of nitrogens with zero attached hydrogens (tertiary/aromatic N) is 3. The number of hydrogen-bond donors (Lipinski definition) is 1. The molecule has 0 spiro atoms. The Morgan fingerprint density at radius 1 is 1.29 bits per heavy atom. The average molecular weight is 232 g/mol. The lowest BCUT2D eigenvalue weighted by molar-refractivity contribution is 0.598. The Hall–Kier alpha value is -1.55. The normalized spacial score (nSPS) is 10.9. The van der Waals surface area contributed by atoms with E-state index in [1.165, 1.54) is 11.4 Å². The lowest BCUT2D eigenvalue weighted by atomic mass is 10.3. The quantitative estimate of drug-likeness (QED) is 0.820. The SMILES string of the molecule is CCNCc1cccn1CCc1ccnn1C. The molecule has 0 aromatic carbocycles. The highest BCUT2D eigenvalue weighted by atomic mass is 15.3. The minimum absolute atomic E-state index is 0.939. The molecule has 0 aliphatic carbocycles. The van der Waals surface area contributed by atoms with Crippen molar-refractivity contribution in [2.75, 3.05) is 6.54 Å². The highest BCUT2D eigenvalue weighted by Crippen LogP contribution is 2.05. The zero-order valence-corrected chi connectivity index (χ0v) is 10.6. The summed E-state index contributed by atoms with van der Waals surface area (Å²) in [5.41, 5.74) is 2.61. The standard InChI is InChI=1S/C13H20N4/c1-3-14-11-13-5-4-9-17(13)10-7-12-6-8-15-16(12)2/h4-6,8-9,14H,3,7,10-11H2,1-2H3. The molecule has 0 aliphatic rings. The summed E-state index contributed by atoms with van der Waals surface area (Å²) in [6.07, 6.45) is 5.01. The Morgan fingerprint density at radius 2 is 2.18 bits per heavy atom. The highest BCUT2D eigenvalue weighted by Gasteiger charge is 2.02. The van der Waals surface area contributed by atoms with E-state index in [1.54, 1.807) is 0 Å². The smallest absolute Gasteiger partial charge is 0.0492 e. The lowest BCUT2D eigenvalue weighted by Gasteiger charge is -2.09. The van der Waals surface area contributed by atoms with Gasteiger partial charge in [-0.3, -0.25) is 4.68 Å². The molecule has 2 rings (SSSR count). The van der Waals surface area contributed by atoms with Crippen LogP contribution in [0.4, 0.5) is 0 Å². The third-order valence-corrected chi connectivity index (χ3v) is 3.01. The maximum atomic E-state index is 4.18. The minimum Gasteiger partial charge on any atom is -0.350 e. The first-order chi connectivity index (χ1) is 8.31. The summed E-state index contributed by atoms with van der Waals surface area (Å²) in [6, 6.07) is 6.36. The van der Waals surface area contributed by atoms with Crippen LogP contribution in [-0.4, -0.2) is 20.9 Å². The summed E-state index contributed by atoms with van der Waals surface area (Å²) in [6.45, 7) is 5.08. The minimum atomic E-state index is 0.939. The van der Waals surface area contributed by atoms with E-state index in [0.29, 0.717) is 0 Å². The molecule has 2 aromatic heterocycles. The van der Waals surface area contributed by atoms with Gasteiger partial charge in [0.1, 0.15) is 0 Å². The molecule has 0 saturated heterocycles. The van der Waals surface area contributed by atoms with E-state index in [4.69, 9.17) is 0 Å². The molecule has 2 aromatic rings. The summed E-state index contributed by atoms with van der Waals surface area (Å²) >= 11 is 0. The van der Waals surface area contributed by atoms with Crippen LogP contribution < -0.4 is 5.32 Å². The molecule has 0 unspecified atom stereocenters. The topological polar surface area (TPSA) is 34.8 Å². The van der Waals surface area contributed by atoms with Crippen LogP contribution in [-0.2, 0) is 26.6 Å². The van der Waals surface area contributed by atoms with Crippen molar-refractivity contribution < 1.29 is 0 Å². The summed E-state index contributed by atoms with van der Waals surface area (Å²) in [5, 5.41) is 7.54. The van der Waals surface area contributed by atoms with Crippen molar-refractivity contribution in [3.63, 3.8) is 0 Å². The van der Waals surface area contributed by atoms with Crippen LogP contribution in [0.1, 0.15) is 18.3 Å². The number of hydrogen-bond acceptors (Lipinski definition) is 2. The molecule has 2 heterocycles. The van der Waals surface area contributed by atoms with Gasteiger partial charge in [-0.2, -0.15) is 5.10 Å². The van der Waals surface area contributed by atoms with Gasteiger partial charge in [-0.25, -0.2) is 0 Å². The van der Waals surface area contributed by atoms with Crippen molar-refractivity contribution in [1.82, 2.24) is 19.7 Å². The zero-order chi connectivity index (χ0) is 12.1. The van der Waals surface area contributed by atoms with Crippen LogP contribution in [0.3, 0.4) is 0 Å². The first-order valence-corrected chi connectivity index (χ1v) is 6.13. The van der Waals surface area contributed by atoms with Crippen molar-refractivity contribution in [1.29, 1.82) is 0 Å². The number of aryl methyl sites for hydroxylation is 3. The van der Waals surface area contributed by atoms with Gasteiger partial charge in [-0.05, 0) is 24.7 Å². The number of aromatic nitrogens is 3. The van der Waals surface area contributed by atoms with Gasteiger partial charge in [0.25, 0.3) is 0 Å². The second-order valence-corrected chi connectivity index (χ2v) is 4.17. The molecule has 0 aliphatic heterocycles. The van der Waals surface area contributed by atoms with Gasteiger partial charge >= 0.3 is 0 Å². The zero-order valence-electron chi connectivity index (χ0n) is 10.6. The van der Waals surface area contributed by atoms with Gasteiger partial charge in [0, 0.05) is 50.3 Å². The molecule has 0 saturated carbocycles. The molecule has 4 heteroatoms. The fourth-order valence-electron chi connectivity index (χ4n) is 1.96. The van der Waals surface area contributed by atoms with E-state index in [1.807, 2.05) is 17.9 Å². The van der Waals surface area contributed by atoms with E-state index in [0.717, 1.165) is 26.1 Å². The van der Waals surface area contributed by atoms with Crippen LogP contribution >= 0.6 is 0 Å². The van der Waals surface area contributed by atoms with E-state index in [-0.39, 0.29) is 0 Å². The van der Waals surface area contributed by atoms with Gasteiger partial charge in [0.15, 0.2) is 0 Å². The van der Waals surface area contributed by atoms with Gasteiger partial charge < -0.3 is 9.88 Å². The predicted molar refractivity (Wildman–Crippen MR) is 68.7 cm³/mol. The molecule has 0 amide bonds. The van der Waals surface area contributed by atoms with Crippen LogP contribution in [0.5, 0.6) is 0 Å². The predicted octanol–water partition coefficient (Wildman–Crippen LogP) is 1.57. The summed E-state index contributed by atoms with van der Waals surface area (Å²) in [4.78, 5) is 0. The average Bonchev–Trinajstić information content (AvgIpc) is 2.93. The van der Waals surface area contributed by atoms with Crippen LogP contribution in [0.15, 0.2) is 30.6 Å². The van der Waals surface area contributed by atoms with Crippen LogP contribution in [0, 0.1) is 0 Å². The van der Waals surface area contributed by atoms with Gasteiger partial charge in [0.05, 0.1) is 0 Å². The van der Waals surface area contributed by atoms with Gasteiger partial charge in [-0.15, -0.1) is 0 Å². The van der Waals surface area contributed by atoms with Crippen molar-refractivity contribution in [2.45, 2.75) is 26.4 Å². The van der Waals surface area contributed by atoms with E-state index in [9.17, 15) is 0 Å². The Bertz CT molecular complexity index is 455. The molecule has 0 bridgehead atoms. The maximum Gasteiger partial charge on any atom is 0.0492 e. The molecule has 1 N–H and O–H groups in total. The van der Waals surface area contributed by atoms with E-state index >= 15 is 0 Å². The van der Waals surface area contributed by atoms with E-state index in [2.05, 4.69) is 46.3 Å². The third kappa shape index (κ3) is 2.97. The third-order valence-electron chi connectivity index (χ3n) is 3.01. The fraction of sp³-hybridized carbons (Fsp3) is 0.462. The molecule has 92 valence electrons. The van der Waals surface area contributed by atoms with Crippen molar-refractivity contribution >= 4 is 0 Å². The lowest BCUT2D eigenvalue weighted by Crippen LogP contribution is -2.16. The van der Waals surface area contributed by atoms with E-state index < -0.39 is 0 Å². The first-order valence-electron chi connectivity index (χ1n) is 6.13. The molecule has 17 heavy (non-hydrogen) atoms. The Morgan fingerprint density at radius 3 is 2.88 bits per heavy atom. The molecular formula is C13H20N4. The van der Waals surface area contributed by atoms with Crippen molar-refractivity contribution in [2.24, 2.45) is 7.05 Å².